The van der Waals surface area contributed by atoms with Crippen molar-refractivity contribution in [3.8, 4) is 5.75 Å². The minimum absolute atomic E-state index is 0.124. The molecule has 0 radical (unpaired) electrons. The number of rotatable bonds is 7. The third-order valence-electron chi connectivity index (χ3n) is 5.05. The van der Waals surface area contributed by atoms with E-state index in [1.807, 2.05) is 72.2 Å². The van der Waals surface area contributed by atoms with Crippen molar-refractivity contribution in [2.75, 3.05) is 6.61 Å². The van der Waals surface area contributed by atoms with Crippen molar-refractivity contribution in [2.45, 2.75) is 32.5 Å². The molecular formula is C24H25N3O3. The third kappa shape index (κ3) is 4.28. The number of amides is 1. The maximum absolute atomic E-state index is 11.5. The SMILES string of the molecule is CC(=O)N[C@H](C)c1nc2ccccc2n1C[C@H](O)COc1ccc2ccccc2c1. The van der Waals surface area contributed by atoms with Gasteiger partial charge in [0.2, 0.25) is 5.91 Å². The maximum Gasteiger partial charge on any atom is 0.217 e. The number of aliphatic hydroxyl groups is 1. The molecule has 2 atom stereocenters. The number of aromatic nitrogens is 2. The van der Waals surface area contributed by atoms with Gasteiger partial charge in [-0.1, -0.05) is 42.5 Å². The average Bonchev–Trinajstić information content (AvgIpc) is 3.10. The Bertz CT molecular complexity index is 1180. The number of para-hydroxylation sites is 2. The van der Waals surface area contributed by atoms with E-state index in [4.69, 9.17) is 4.74 Å². The number of nitrogens with zero attached hydrogens (tertiary/aromatic N) is 2. The Balaban J connectivity index is 1.51. The van der Waals surface area contributed by atoms with Crippen molar-refractivity contribution in [1.82, 2.24) is 14.9 Å². The summed E-state index contributed by atoms with van der Waals surface area (Å²) in [6, 6.07) is 21.4. The first-order valence-corrected chi connectivity index (χ1v) is 10.0. The van der Waals surface area contributed by atoms with Crippen LogP contribution in [0, 0.1) is 0 Å². The first kappa shape index (κ1) is 19.9. The molecule has 0 saturated heterocycles. The molecule has 30 heavy (non-hydrogen) atoms. The lowest BCUT2D eigenvalue weighted by Gasteiger charge is -2.19. The second-order valence-corrected chi connectivity index (χ2v) is 7.47. The van der Waals surface area contributed by atoms with Crippen LogP contribution in [0.25, 0.3) is 21.8 Å². The van der Waals surface area contributed by atoms with E-state index >= 15 is 0 Å². The van der Waals surface area contributed by atoms with E-state index in [2.05, 4.69) is 16.4 Å². The summed E-state index contributed by atoms with van der Waals surface area (Å²) in [5.74, 6) is 1.30. The number of nitrogens with one attached hydrogen (secondary N) is 1. The number of hydrogen-bond acceptors (Lipinski definition) is 4. The fourth-order valence-corrected chi connectivity index (χ4v) is 3.70. The molecule has 0 aliphatic rings. The Kier molecular flexibility index (Phi) is 5.68. The summed E-state index contributed by atoms with van der Waals surface area (Å²) in [4.78, 5) is 16.2. The predicted molar refractivity (Wildman–Crippen MR) is 117 cm³/mol. The second-order valence-electron chi connectivity index (χ2n) is 7.47. The first-order valence-electron chi connectivity index (χ1n) is 10.0. The Morgan fingerprint density at radius 3 is 2.63 bits per heavy atom. The van der Waals surface area contributed by atoms with Crippen LogP contribution in [0.4, 0.5) is 0 Å². The van der Waals surface area contributed by atoms with E-state index in [1.165, 1.54) is 6.92 Å². The summed E-state index contributed by atoms with van der Waals surface area (Å²) in [7, 11) is 0. The predicted octanol–water partition coefficient (Wildman–Crippen LogP) is 3.83. The molecule has 154 valence electrons. The van der Waals surface area contributed by atoms with Gasteiger partial charge in [-0.15, -0.1) is 0 Å². The van der Waals surface area contributed by atoms with Crippen LogP contribution < -0.4 is 10.1 Å². The maximum atomic E-state index is 11.5. The highest BCUT2D eigenvalue weighted by Gasteiger charge is 2.19. The summed E-state index contributed by atoms with van der Waals surface area (Å²) >= 11 is 0. The van der Waals surface area contributed by atoms with Crippen LogP contribution in [-0.2, 0) is 11.3 Å². The molecule has 1 aromatic heterocycles. The van der Waals surface area contributed by atoms with Gasteiger partial charge in [-0.2, -0.15) is 0 Å². The quantitative estimate of drug-likeness (QED) is 0.492. The number of fused-ring (bicyclic) bond motifs is 2. The molecule has 0 unspecified atom stereocenters. The van der Waals surface area contributed by atoms with Gasteiger partial charge in [-0.05, 0) is 42.0 Å². The zero-order valence-electron chi connectivity index (χ0n) is 17.1. The molecule has 4 rings (SSSR count). The monoisotopic (exact) mass is 403 g/mol. The third-order valence-corrected chi connectivity index (χ3v) is 5.05. The minimum Gasteiger partial charge on any atom is -0.491 e. The van der Waals surface area contributed by atoms with Crippen LogP contribution in [0.5, 0.6) is 5.75 Å². The first-order chi connectivity index (χ1) is 14.5. The Morgan fingerprint density at radius 2 is 1.83 bits per heavy atom. The van der Waals surface area contributed by atoms with Crippen LogP contribution in [0.2, 0.25) is 0 Å². The standard InChI is InChI=1S/C24H25N3O3/c1-16(25-17(2)28)24-26-22-9-5-6-10-23(22)27(24)14-20(29)15-30-21-12-11-18-7-3-4-8-19(18)13-21/h3-13,16,20,29H,14-15H2,1-2H3,(H,25,28)/t16-,20+/m1/s1. The van der Waals surface area contributed by atoms with Gasteiger partial charge in [0.1, 0.15) is 24.3 Å². The summed E-state index contributed by atoms with van der Waals surface area (Å²) in [6.07, 6.45) is -0.739. The molecule has 0 spiro atoms. The number of imidazole rings is 1. The Hall–Kier alpha value is -3.38. The van der Waals surface area contributed by atoms with E-state index in [0.29, 0.717) is 12.4 Å². The molecule has 0 aliphatic carbocycles. The fourth-order valence-electron chi connectivity index (χ4n) is 3.70. The molecule has 3 aromatic carbocycles. The highest BCUT2D eigenvalue weighted by Crippen LogP contribution is 2.23. The van der Waals surface area contributed by atoms with Gasteiger partial charge in [-0.3, -0.25) is 4.79 Å². The Labute approximate surface area is 175 Å². The van der Waals surface area contributed by atoms with Crippen LogP contribution in [0.15, 0.2) is 66.7 Å². The number of carbonyl (C=O) groups is 1. The number of carbonyl (C=O) groups excluding carboxylic acids is 1. The zero-order valence-corrected chi connectivity index (χ0v) is 17.1. The molecule has 0 bridgehead atoms. The van der Waals surface area contributed by atoms with Gasteiger partial charge in [-0.25, -0.2) is 4.98 Å². The van der Waals surface area contributed by atoms with Gasteiger partial charge >= 0.3 is 0 Å². The minimum atomic E-state index is -0.739. The molecule has 1 amide bonds. The number of ether oxygens (including phenoxy) is 1. The van der Waals surface area contributed by atoms with Gasteiger partial charge in [0, 0.05) is 6.92 Å². The van der Waals surface area contributed by atoms with Crippen molar-refractivity contribution in [1.29, 1.82) is 0 Å². The van der Waals surface area contributed by atoms with Gasteiger partial charge in [0.25, 0.3) is 0 Å². The van der Waals surface area contributed by atoms with E-state index in [0.717, 1.165) is 27.6 Å². The van der Waals surface area contributed by atoms with Gasteiger partial charge in [0.15, 0.2) is 0 Å². The van der Waals surface area contributed by atoms with Crippen LogP contribution >= 0.6 is 0 Å². The summed E-state index contributed by atoms with van der Waals surface area (Å²) in [5.41, 5.74) is 1.74. The summed E-state index contributed by atoms with van der Waals surface area (Å²) in [5, 5.41) is 15.8. The van der Waals surface area contributed by atoms with Crippen LogP contribution in [-0.4, -0.2) is 33.3 Å². The second kappa shape index (κ2) is 8.55. The number of benzene rings is 3. The lowest BCUT2D eigenvalue weighted by Crippen LogP contribution is -2.29. The molecule has 0 aliphatic heterocycles. The van der Waals surface area contributed by atoms with Crippen molar-refractivity contribution in [2.24, 2.45) is 0 Å². The Morgan fingerprint density at radius 1 is 1.10 bits per heavy atom. The van der Waals surface area contributed by atoms with Crippen molar-refractivity contribution in [3.63, 3.8) is 0 Å². The van der Waals surface area contributed by atoms with E-state index in [9.17, 15) is 9.90 Å². The van der Waals surface area contributed by atoms with E-state index in [1.54, 1.807) is 0 Å². The lowest BCUT2D eigenvalue weighted by atomic mass is 10.1. The molecule has 6 nitrogen and oxygen atoms in total. The largest absolute Gasteiger partial charge is 0.491 e. The molecule has 2 N–H and O–H groups in total. The van der Waals surface area contributed by atoms with Crippen molar-refractivity contribution < 1.29 is 14.6 Å². The topological polar surface area (TPSA) is 76.4 Å². The van der Waals surface area contributed by atoms with E-state index in [-0.39, 0.29) is 18.6 Å². The van der Waals surface area contributed by atoms with Gasteiger partial charge < -0.3 is 19.7 Å². The average molecular weight is 403 g/mol. The molecule has 0 saturated carbocycles. The number of aliphatic hydroxyl groups excluding tert-OH is 1. The van der Waals surface area contributed by atoms with Crippen molar-refractivity contribution >= 4 is 27.7 Å². The highest BCUT2D eigenvalue weighted by molar-refractivity contribution is 5.83. The molecule has 1 heterocycles. The fraction of sp³-hybridized carbons (Fsp3) is 0.250. The van der Waals surface area contributed by atoms with Gasteiger partial charge in [0.05, 0.1) is 23.6 Å². The van der Waals surface area contributed by atoms with Crippen LogP contribution in [0.3, 0.4) is 0 Å². The molecule has 6 heteroatoms. The van der Waals surface area contributed by atoms with Crippen molar-refractivity contribution in [3.05, 3.63) is 72.6 Å². The lowest BCUT2D eigenvalue weighted by molar-refractivity contribution is -0.119. The normalized spacial score (nSPS) is 13.3. The summed E-state index contributed by atoms with van der Waals surface area (Å²) in [6.45, 7) is 3.83. The summed E-state index contributed by atoms with van der Waals surface area (Å²) < 4.78 is 7.80. The molecular weight excluding hydrogens is 378 g/mol. The van der Waals surface area contributed by atoms with Crippen LogP contribution in [0.1, 0.15) is 25.7 Å². The molecule has 4 aromatic rings. The van der Waals surface area contributed by atoms with E-state index < -0.39 is 6.10 Å². The molecule has 0 fully saturated rings. The zero-order chi connectivity index (χ0) is 21.1. The highest BCUT2D eigenvalue weighted by atomic mass is 16.5. The smallest absolute Gasteiger partial charge is 0.217 e. The number of hydrogen-bond donors (Lipinski definition) is 2.